The van der Waals surface area contributed by atoms with E-state index in [0.29, 0.717) is 0 Å². The second kappa shape index (κ2) is 5.37. The zero-order valence-electron chi connectivity index (χ0n) is 11.8. The highest BCUT2D eigenvalue weighted by atomic mass is 16.5. The van der Waals surface area contributed by atoms with Crippen molar-refractivity contribution in [3.63, 3.8) is 0 Å². The molecule has 106 valence electrons. The normalized spacial score (nSPS) is 10.7. The van der Waals surface area contributed by atoms with Crippen LogP contribution in [0, 0.1) is 0 Å². The van der Waals surface area contributed by atoms with Gasteiger partial charge in [0.25, 0.3) is 0 Å². The van der Waals surface area contributed by atoms with Gasteiger partial charge in [-0.15, -0.1) is 0 Å². The monoisotopic (exact) mass is 287 g/mol. The van der Waals surface area contributed by atoms with Crippen LogP contribution >= 0.6 is 0 Å². The molecule has 22 heavy (non-hydrogen) atoms. The molecule has 0 saturated heterocycles. The quantitative estimate of drug-likeness (QED) is 0.513. The van der Waals surface area contributed by atoms with Crippen LogP contribution < -0.4 is 4.74 Å². The van der Waals surface area contributed by atoms with Crippen molar-refractivity contribution in [1.29, 1.82) is 0 Å². The van der Waals surface area contributed by atoms with Crippen LogP contribution in [0.1, 0.15) is 0 Å². The first-order valence-corrected chi connectivity index (χ1v) is 7.07. The van der Waals surface area contributed by atoms with Crippen LogP contribution in [0.3, 0.4) is 0 Å². The predicted octanol–water partition coefficient (Wildman–Crippen LogP) is 5.29. The number of furan rings is 1. The first-order chi connectivity index (χ1) is 10.9. The molecule has 0 aliphatic rings. The summed E-state index contributed by atoms with van der Waals surface area (Å²) in [6, 6.07) is 23.3. The molecule has 3 nitrogen and oxygen atoms in total. The van der Waals surface area contributed by atoms with Crippen LogP contribution in [0.2, 0.25) is 0 Å². The molecular weight excluding hydrogens is 274 g/mol. The minimum Gasteiger partial charge on any atom is -0.463 e. The predicted molar refractivity (Wildman–Crippen MR) is 86.0 cm³/mol. The first-order valence-electron chi connectivity index (χ1n) is 7.07. The molecular formula is C19H13NO2. The average molecular weight is 287 g/mol. The van der Waals surface area contributed by atoms with Crippen molar-refractivity contribution >= 4 is 10.9 Å². The van der Waals surface area contributed by atoms with Crippen molar-refractivity contribution in [3.05, 3.63) is 79.1 Å². The molecule has 0 aliphatic heterocycles. The van der Waals surface area contributed by atoms with Gasteiger partial charge in [-0.2, -0.15) is 0 Å². The maximum absolute atomic E-state index is 6.05. The van der Waals surface area contributed by atoms with Gasteiger partial charge in [0.1, 0.15) is 17.2 Å². The molecule has 0 aliphatic carbocycles. The van der Waals surface area contributed by atoms with Crippen LogP contribution in [-0.2, 0) is 0 Å². The number of hydrogen-bond donors (Lipinski definition) is 0. The summed E-state index contributed by atoms with van der Waals surface area (Å²) in [5, 5.41) is 0.974. The molecule has 0 saturated carbocycles. The summed E-state index contributed by atoms with van der Waals surface area (Å²) in [5.41, 5.74) is 1.64. The lowest BCUT2D eigenvalue weighted by molar-refractivity contribution is 0.487. The van der Waals surface area contributed by atoms with Gasteiger partial charge in [-0.1, -0.05) is 30.3 Å². The topological polar surface area (TPSA) is 35.3 Å². The minimum atomic E-state index is 0.726. The van der Waals surface area contributed by atoms with E-state index in [2.05, 4.69) is 4.98 Å². The Kier molecular flexibility index (Phi) is 3.09. The summed E-state index contributed by atoms with van der Waals surface area (Å²) in [4.78, 5) is 4.65. The number of benzene rings is 2. The summed E-state index contributed by atoms with van der Waals surface area (Å²) in [6.45, 7) is 0. The van der Waals surface area contributed by atoms with Gasteiger partial charge < -0.3 is 9.15 Å². The Balaban J connectivity index is 1.88. The van der Waals surface area contributed by atoms with Crippen molar-refractivity contribution in [2.24, 2.45) is 0 Å². The number of ether oxygens (including phenoxy) is 1. The van der Waals surface area contributed by atoms with Crippen LogP contribution in [-0.4, -0.2) is 4.98 Å². The third-order valence-electron chi connectivity index (χ3n) is 3.42. The molecule has 3 heteroatoms. The summed E-state index contributed by atoms with van der Waals surface area (Å²) in [5.74, 6) is 2.29. The zero-order valence-corrected chi connectivity index (χ0v) is 11.8. The van der Waals surface area contributed by atoms with Gasteiger partial charge in [0.15, 0.2) is 5.76 Å². The molecule has 0 radical (unpaired) electrons. The third kappa shape index (κ3) is 2.33. The van der Waals surface area contributed by atoms with Crippen LogP contribution in [0.25, 0.3) is 22.4 Å². The molecule has 2 aromatic carbocycles. The molecule has 0 spiro atoms. The van der Waals surface area contributed by atoms with Crippen molar-refractivity contribution < 1.29 is 9.15 Å². The van der Waals surface area contributed by atoms with Crippen molar-refractivity contribution in [1.82, 2.24) is 4.98 Å². The molecule has 2 heterocycles. The van der Waals surface area contributed by atoms with E-state index in [1.54, 1.807) is 6.26 Å². The second-order valence-electron chi connectivity index (χ2n) is 4.92. The molecule has 0 N–H and O–H groups in total. The standard InChI is InChI=1S/C19H13NO2/c1-2-7-14(8-3-1)22-19-13-17(18-11-6-12-21-18)20-16-10-5-4-9-15(16)19/h1-13H. The van der Waals surface area contributed by atoms with Gasteiger partial charge in [-0.05, 0) is 36.4 Å². The van der Waals surface area contributed by atoms with Crippen molar-refractivity contribution in [2.75, 3.05) is 0 Å². The Labute approximate surface area is 127 Å². The first kappa shape index (κ1) is 12.7. The number of nitrogens with zero attached hydrogens (tertiary/aromatic N) is 1. The van der Waals surface area contributed by atoms with Gasteiger partial charge in [-0.3, -0.25) is 0 Å². The molecule has 0 amide bonds. The number of rotatable bonds is 3. The molecule has 2 aromatic heterocycles. The SMILES string of the molecule is c1ccc(Oc2cc(-c3ccco3)nc3ccccc23)cc1. The third-order valence-corrected chi connectivity index (χ3v) is 3.42. The average Bonchev–Trinajstić information content (AvgIpc) is 3.10. The molecule has 4 aromatic rings. The summed E-state index contributed by atoms with van der Waals surface area (Å²) in [6.07, 6.45) is 1.64. The Bertz CT molecular complexity index is 899. The van der Waals surface area contributed by atoms with E-state index in [4.69, 9.17) is 9.15 Å². The van der Waals surface area contributed by atoms with Gasteiger partial charge >= 0.3 is 0 Å². The van der Waals surface area contributed by atoms with E-state index in [1.807, 2.05) is 72.8 Å². The van der Waals surface area contributed by atoms with E-state index >= 15 is 0 Å². The van der Waals surface area contributed by atoms with E-state index in [1.165, 1.54) is 0 Å². The Hall–Kier alpha value is -3.07. The number of hydrogen-bond acceptors (Lipinski definition) is 3. The Morgan fingerprint density at radius 3 is 2.45 bits per heavy atom. The van der Waals surface area contributed by atoms with Gasteiger partial charge in [-0.25, -0.2) is 4.98 Å². The lowest BCUT2D eigenvalue weighted by atomic mass is 10.1. The van der Waals surface area contributed by atoms with E-state index in [-0.39, 0.29) is 0 Å². The van der Waals surface area contributed by atoms with Crippen molar-refractivity contribution in [3.8, 4) is 23.0 Å². The van der Waals surface area contributed by atoms with E-state index in [9.17, 15) is 0 Å². The molecule has 0 atom stereocenters. The number of para-hydroxylation sites is 2. The zero-order chi connectivity index (χ0) is 14.8. The second-order valence-corrected chi connectivity index (χ2v) is 4.92. The van der Waals surface area contributed by atoms with Gasteiger partial charge in [0.05, 0.1) is 11.8 Å². The fourth-order valence-corrected chi connectivity index (χ4v) is 2.39. The Morgan fingerprint density at radius 1 is 0.818 bits per heavy atom. The van der Waals surface area contributed by atoms with E-state index in [0.717, 1.165) is 33.9 Å². The van der Waals surface area contributed by atoms with Gasteiger partial charge in [0, 0.05) is 11.5 Å². The lowest BCUT2D eigenvalue weighted by Crippen LogP contribution is -1.90. The smallest absolute Gasteiger partial charge is 0.152 e. The molecule has 0 fully saturated rings. The van der Waals surface area contributed by atoms with Crippen LogP contribution in [0.15, 0.2) is 83.5 Å². The maximum Gasteiger partial charge on any atom is 0.152 e. The highest BCUT2D eigenvalue weighted by molar-refractivity contribution is 5.87. The molecule has 0 bridgehead atoms. The van der Waals surface area contributed by atoms with Crippen LogP contribution in [0.5, 0.6) is 11.5 Å². The minimum absolute atomic E-state index is 0.726. The maximum atomic E-state index is 6.05. The van der Waals surface area contributed by atoms with E-state index < -0.39 is 0 Å². The summed E-state index contributed by atoms with van der Waals surface area (Å²) in [7, 11) is 0. The van der Waals surface area contributed by atoms with Crippen LogP contribution in [0.4, 0.5) is 0 Å². The summed E-state index contributed by atoms with van der Waals surface area (Å²) < 4.78 is 11.5. The number of fused-ring (bicyclic) bond motifs is 1. The largest absolute Gasteiger partial charge is 0.463 e. The molecule has 4 rings (SSSR count). The Morgan fingerprint density at radius 2 is 1.64 bits per heavy atom. The number of aromatic nitrogens is 1. The number of pyridine rings is 1. The highest BCUT2D eigenvalue weighted by Crippen LogP contribution is 2.33. The fourth-order valence-electron chi connectivity index (χ4n) is 2.39. The highest BCUT2D eigenvalue weighted by Gasteiger charge is 2.10. The summed E-state index contributed by atoms with van der Waals surface area (Å²) >= 11 is 0. The fraction of sp³-hybridized carbons (Fsp3) is 0. The lowest BCUT2D eigenvalue weighted by Gasteiger charge is -2.10. The molecule has 0 unspecified atom stereocenters. The van der Waals surface area contributed by atoms with Gasteiger partial charge in [0.2, 0.25) is 0 Å². The van der Waals surface area contributed by atoms with Crippen molar-refractivity contribution in [2.45, 2.75) is 0 Å².